The van der Waals surface area contributed by atoms with E-state index in [2.05, 4.69) is 0 Å². The number of rotatable bonds is 2. The van der Waals surface area contributed by atoms with Crippen LogP contribution in [0.15, 0.2) is 24.3 Å². The molecule has 0 heterocycles. The van der Waals surface area contributed by atoms with Crippen LogP contribution in [-0.4, -0.2) is 18.2 Å². The number of primary amides is 1. The molecule has 0 saturated carbocycles. The smallest absolute Gasteiger partial charge is 0.318 e. The molecule has 1 atom stereocenters. The number of aliphatic hydroxyl groups is 1. The number of nitrogens with two attached hydrogens (primary N) is 1. The highest BCUT2D eigenvalue weighted by Gasteiger charge is 2.08. The Balaban J connectivity index is 2.99. The SMILES string of the molecule is CC(O)c1cccc(N(C)C(N)=O)c1. The lowest BCUT2D eigenvalue weighted by Gasteiger charge is -2.15. The summed E-state index contributed by atoms with van der Waals surface area (Å²) in [5.74, 6) is 0. The van der Waals surface area contributed by atoms with E-state index in [4.69, 9.17) is 5.73 Å². The minimum Gasteiger partial charge on any atom is -0.389 e. The van der Waals surface area contributed by atoms with E-state index in [1.165, 1.54) is 4.90 Å². The minimum absolute atomic E-state index is 0.521. The lowest BCUT2D eigenvalue weighted by Crippen LogP contribution is -2.31. The van der Waals surface area contributed by atoms with Gasteiger partial charge in [0.1, 0.15) is 0 Å². The first-order valence-electron chi connectivity index (χ1n) is 4.33. The number of carbonyl (C=O) groups excluding carboxylic acids is 1. The predicted octanol–water partition coefficient (Wildman–Crippen LogP) is 1.25. The number of nitrogens with zero attached hydrogens (tertiary/aromatic N) is 1. The summed E-state index contributed by atoms with van der Waals surface area (Å²) in [5.41, 5.74) is 6.56. The second-order valence-corrected chi connectivity index (χ2v) is 3.17. The second-order valence-electron chi connectivity index (χ2n) is 3.17. The molecule has 3 N–H and O–H groups in total. The standard InChI is InChI=1S/C10H14N2O2/c1-7(13)8-4-3-5-9(6-8)12(2)10(11)14/h3-7,13H,1-2H3,(H2,11,14). The summed E-state index contributed by atoms with van der Waals surface area (Å²) in [4.78, 5) is 12.2. The van der Waals surface area contributed by atoms with E-state index in [0.29, 0.717) is 5.69 Å². The van der Waals surface area contributed by atoms with Gasteiger partial charge < -0.3 is 10.8 Å². The van der Waals surface area contributed by atoms with E-state index in [0.717, 1.165) is 5.56 Å². The number of amides is 2. The van der Waals surface area contributed by atoms with E-state index in [-0.39, 0.29) is 0 Å². The number of carbonyl (C=O) groups is 1. The molecule has 0 fully saturated rings. The van der Waals surface area contributed by atoms with Gasteiger partial charge in [0.25, 0.3) is 0 Å². The van der Waals surface area contributed by atoms with Crippen LogP contribution in [0, 0.1) is 0 Å². The van der Waals surface area contributed by atoms with Crippen molar-refractivity contribution in [3.63, 3.8) is 0 Å². The molecule has 1 aromatic carbocycles. The fourth-order valence-corrected chi connectivity index (χ4v) is 1.12. The highest BCUT2D eigenvalue weighted by atomic mass is 16.3. The summed E-state index contributed by atoms with van der Waals surface area (Å²) in [6.45, 7) is 1.67. The van der Waals surface area contributed by atoms with E-state index in [9.17, 15) is 9.90 Å². The van der Waals surface area contributed by atoms with Gasteiger partial charge in [-0.3, -0.25) is 4.90 Å². The van der Waals surface area contributed by atoms with Crippen LogP contribution in [0.4, 0.5) is 10.5 Å². The molecule has 0 aliphatic heterocycles. The summed E-state index contributed by atoms with van der Waals surface area (Å²) < 4.78 is 0. The Morgan fingerprint density at radius 1 is 1.57 bits per heavy atom. The van der Waals surface area contributed by atoms with Gasteiger partial charge in [-0.15, -0.1) is 0 Å². The number of benzene rings is 1. The van der Waals surface area contributed by atoms with Crippen LogP contribution in [-0.2, 0) is 0 Å². The first-order chi connectivity index (χ1) is 6.52. The fraction of sp³-hybridized carbons (Fsp3) is 0.300. The second kappa shape index (κ2) is 4.11. The third-order valence-electron chi connectivity index (χ3n) is 2.07. The molecule has 14 heavy (non-hydrogen) atoms. The Labute approximate surface area is 82.9 Å². The number of urea groups is 1. The number of hydrogen-bond donors (Lipinski definition) is 2. The van der Waals surface area contributed by atoms with Crippen LogP contribution in [0.5, 0.6) is 0 Å². The maximum absolute atomic E-state index is 10.9. The van der Waals surface area contributed by atoms with E-state index in [1.54, 1.807) is 38.2 Å². The zero-order valence-corrected chi connectivity index (χ0v) is 8.27. The molecule has 0 aromatic heterocycles. The molecule has 1 aromatic rings. The molecule has 0 spiro atoms. The van der Waals surface area contributed by atoms with Crippen LogP contribution < -0.4 is 10.6 Å². The largest absolute Gasteiger partial charge is 0.389 e. The summed E-state index contributed by atoms with van der Waals surface area (Å²) in [6, 6.07) is 6.54. The van der Waals surface area contributed by atoms with E-state index in [1.807, 2.05) is 0 Å². The average molecular weight is 194 g/mol. The Hall–Kier alpha value is -1.55. The molecular weight excluding hydrogens is 180 g/mol. The fourth-order valence-electron chi connectivity index (χ4n) is 1.12. The number of aliphatic hydroxyl groups excluding tert-OH is 1. The molecule has 2 amide bonds. The van der Waals surface area contributed by atoms with Crippen LogP contribution >= 0.6 is 0 Å². The molecule has 0 bridgehead atoms. The summed E-state index contributed by atoms with van der Waals surface area (Å²) in [6.07, 6.45) is -0.545. The normalized spacial score (nSPS) is 12.2. The van der Waals surface area contributed by atoms with E-state index >= 15 is 0 Å². The van der Waals surface area contributed by atoms with Gasteiger partial charge in [0.15, 0.2) is 0 Å². The average Bonchev–Trinajstić information content (AvgIpc) is 2.16. The number of hydrogen-bond acceptors (Lipinski definition) is 2. The van der Waals surface area contributed by atoms with Crippen molar-refractivity contribution in [2.24, 2.45) is 5.73 Å². The maximum Gasteiger partial charge on any atom is 0.318 e. The Morgan fingerprint density at radius 2 is 2.21 bits per heavy atom. The lowest BCUT2D eigenvalue weighted by molar-refractivity contribution is 0.199. The first kappa shape index (κ1) is 10.5. The predicted molar refractivity (Wildman–Crippen MR) is 55.1 cm³/mol. The summed E-state index contributed by atoms with van der Waals surface area (Å²) in [5, 5.41) is 9.33. The third kappa shape index (κ3) is 2.23. The molecule has 0 saturated heterocycles. The highest BCUT2D eigenvalue weighted by molar-refractivity contribution is 5.90. The van der Waals surface area contributed by atoms with Gasteiger partial charge in [-0.2, -0.15) is 0 Å². The molecule has 4 heteroatoms. The third-order valence-corrected chi connectivity index (χ3v) is 2.07. The van der Waals surface area contributed by atoms with Gasteiger partial charge >= 0.3 is 6.03 Å². The van der Waals surface area contributed by atoms with Crippen molar-refractivity contribution in [2.45, 2.75) is 13.0 Å². The Morgan fingerprint density at radius 3 is 2.71 bits per heavy atom. The quantitative estimate of drug-likeness (QED) is 0.744. The Bertz CT molecular complexity index is 337. The molecule has 1 unspecified atom stereocenters. The zero-order valence-electron chi connectivity index (χ0n) is 8.27. The monoisotopic (exact) mass is 194 g/mol. The summed E-state index contributed by atoms with van der Waals surface area (Å²) >= 11 is 0. The van der Waals surface area contributed by atoms with Crippen molar-refractivity contribution in [1.82, 2.24) is 0 Å². The van der Waals surface area contributed by atoms with Crippen LogP contribution in [0.25, 0.3) is 0 Å². The van der Waals surface area contributed by atoms with Crippen molar-refractivity contribution >= 4 is 11.7 Å². The molecule has 1 rings (SSSR count). The molecule has 76 valence electrons. The van der Waals surface area contributed by atoms with Gasteiger partial charge in [-0.05, 0) is 24.6 Å². The van der Waals surface area contributed by atoms with Crippen LogP contribution in [0.1, 0.15) is 18.6 Å². The molecule has 4 nitrogen and oxygen atoms in total. The molecular formula is C10H14N2O2. The van der Waals surface area contributed by atoms with Crippen molar-refractivity contribution in [2.75, 3.05) is 11.9 Å². The topological polar surface area (TPSA) is 66.6 Å². The summed E-state index contributed by atoms with van der Waals surface area (Å²) in [7, 11) is 1.59. The molecule has 0 aliphatic rings. The van der Waals surface area contributed by atoms with Gasteiger partial charge in [0.2, 0.25) is 0 Å². The zero-order chi connectivity index (χ0) is 10.7. The first-order valence-corrected chi connectivity index (χ1v) is 4.33. The maximum atomic E-state index is 10.9. The van der Waals surface area contributed by atoms with Gasteiger partial charge in [0.05, 0.1) is 6.10 Å². The minimum atomic E-state index is -0.545. The van der Waals surface area contributed by atoms with Gasteiger partial charge in [-0.25, -0.2) is 4.79 Å². The molecule has 0 aliphatic carbocycles. The van der Waals surface area contributed by atoms with Crippen molar-refractivity contribution < 1.29 is 9.90 Å². The van der Waals surface area contributed by atoms with Crippen LogP contribution in [0.2, 0.25) is 0 Å². The molecule has 0 radical (unpaired) electrons. The highest BCUT2D eigenvalue weighted by Crippen LogP contribution is 2.19. The van der Waals surface area contributed by atoms with Gasteiger partial charge in [-0.1, -0.05) is 12.1 Å². The van der Waals surface area contributed by atoms with Gasteiger partial charge in [0, 0.05) is 12.7 Å². The van der Waals surface area contributed by atoms with E-state index < -0.39 is 12.1 Å². The van der Waals surface area contributed by atoms with Crippen molar-refractivity contribution in [3.8, 4) is 0 Å². The number of anilines is 1. The van der Waals surface area contributed by atoms with Crippen molar-refractivity contribution in [1.29, 1.82) is 0 Å². The van der Waals surface area contributed by atoms with Crippen molar-refractivity contribution in [3.05, 3.63) is 29.8 Å². The van der Waals surface area contributed by atoms with Crippen LogP contribution in [0.3, 0.4) is 0 Å². The Kier molecular flexibility index (Phi) is 3.09. The lowest BCUT2D eigenvalue weighted by atomic mass is 10.1.